The molecule has 1 amide bonds. The number of hydrogen-bond donors (Lipinski definition) is 0. The zero-order chi connectivity index (χ0) is 13.1. The number of carbonyl (C=O) groups is 1. The Morgan fingerprint density at radius 2 is 2.00 bits per heavy atom. The molecule has 0 unspecified atom stereocenters. The molecule has 2 heterocycles. The molecule has 98 valence electrons. The van der Waals surface area contributed by atoms with Gasteiger partial charge in [-0.15, -0.1) is 0 Å². The van der Waals surface area contributed by atoms with Crippen LogP contribution in [0.2, 0.25) is 0 Å². The Kier molecular flexibility index (Phi) is 3.65. The molecule has 2 aromatic rings. The fourth-order valence-electron chi connectivity index (χ4n) is 2.73. The van der Waals surface area contributed by atoms with Crippen molar-refractivity contribution in [3.05, 3.63) is 58.3 Å². The number of thiophene rings is 1. The van der Waals surface area contributed by atoms with E-state index in [9.17, 15) is 4.79 Å². The molecule has 1 saturated heterocycles. The summed E-state index contributed by atoms with van der Waals surface area (Å²) in [4.78, 5) is 14.7. The Balaban J connectivity index is 1.87. The second-order valence-corrected chi connectivity index (χ2v) is 5.71. The van der Waals surface area contributed by atoms with Crippen molar-refractivity contribution in [2.75, 3.05) is 6.54 Å². The molecule has 3 heteroatoms. The summed E-state index contributed by atoms with van der Waals surface area (Å²) in [6.07, 6.45) is 3.40. The lowest BCUT2D eigenvalue weighted by Gasteiger charge is -2.35. The minimum atomic E-state index is 0.163. The van der Waals surface area contributed by atoms with Gasteiger partial charge in [-0.25, -0.2) is 0 Å². The van der Waals surface area contributed by atoms with E-state index in [0.29, 0.717) is 0 Å². The zero-order valence-electron chi connectivity index (χ0n) is 10.8. The van der Waals surface area contributed by atoms with Crippen LogP contribution in [0.4, 0.5) is 0 Å². The maximum atomic E-state index is 12.6. The van der Waals surface area contributed by atoms with Crippen LogP contribution >= 0.6 is 11.3 Å². The normalized spacial score (nSPS) is 19.4. The van der Waals surface area contributed by atoms with E-state index in [4.69, 9.17) is 0 Å². The Morgan fingerprint density at radius 3 is 2.74 bits per heavy atom. The first-order valence-corrected chi connectivity index (χ1v) is 7.68. The molecular formula is C16H17NOS. The summed E-state index contributed by atoms with van der Waals surface area (Å²) in [5.41, 5.74) is 2.08. The third kappa shape index (κ3) is 2.56. The zero-order valence-corrected chi connectivity index (χ0v) is 11.6. The van der Waals surface area contributed by atoms with Gasteiger partial charge in [0, 0.05) is 12.1 Å². The van der Waals surface area contributed by atoms with Gasteiger partial charge >= 0.3 is 0 Å². The van der Waals surface area contributed by atoms with Crippen molar-refractivity contribution in [2.45, 2.75) is 25.3 Å². The van der Waals surface area contributed by atoms with E-state index in [1.54, 1.807) is 11.3 Å². The lowest BCUT2D eigenvalue weighted by atomic mass is 9.96. The standard InChI is InChI=1S/C16H17NOS/c18-16(13-6-2-1-3-7-13)17-10-5-4-8-15(17)14-9-11-19-12-14/h1-3,6-7,9,11-12,15H,4-5,8,10H2/t15-/m0/s1. The quantitative estimate of drug-likeness (QED) is 0.804. The van der Waals surface area contributed by atoms with Crippen LogP contribution in [0.25, 0.3) is 0 Å². The smallest absolute Gasteiger partial charge is 0.254 e. The Morgan fingerprint density at radius 1 is 1.16 bits per heavy atom. The van der Waals surface area contributed by atoms with E-state index >= 15 is 0 Å². The van der Waals surface area contributed by atoms with Crippen LogP contribution in [0.1, 0.15) is 41.2 Å². The van der Waals surface area contributed by atoms with Crippen molar-refractivity contribution >= 4 is 17.2 Å². The second kappa shape index (κ2) is 5.57. The fraction of sp³-hybridized carbons (Fsp3) is 0.312. The average molecular weight is 271 g/mol. The van der Waals surface area contributed by atoms with Gasteiger partial charge in [-0.05, 0) is 53.8 Å². The fourth-order valence-corrected chi connectivity index (χ4v) is 3.44. The van der Waals surface area contributed by atoms with Crippen molar-refractivity contribution in [2.24, 2.45) is 0 Å². The summed E-state index contributed by atoms with van der Waals surface area (Å²) in [6.45, 7) is 0.869. The van der Waals surface area contributed by atoms with Gasteiger partial charge in [-0.1, -0.05) is 18.2 Å². The van der Waals surface area contributed by atoms with E-state index in [2.05, 4.69) is 16.8 Å². The van der Waals surface area contributed by atoms with Crippen molar-refractivity contribution in [3.8, 4) is 0 Å². The molecule has 1 aliphatic rings. The first kappa shape index (κ1) is 12.4. The summed E-state index contributed by atoms with van der Waals surface area (Å²) in [5.74, 6) is 0.163. The molecule has 0 aliphatic carbocycles. The first-order chi connectivity index (χ1) is 9.36. The Bertz CT molecular complexity index is 535. The lowest BCUT2D eigenvalue weighted by molar-refractivity contribution is 0.0612. The third-order valence-corrected chi connectivity index (χ3v) is 4.41. The molecule has 3 rings (SSSR count). The number of rotatable bonds is 2. The van der Waals surface area contributed by atoms with Gasteiger partial charge in [0.15, 0.2) is 0 Å². The summed E-state index contributed by atoms with van der Waals surface area (Å²) in [7, 11) is 0. The van der Waals surface area contributed by atoms with Crippen LogP contribution in [-0.4, -0.2) is 17.4 Å². The maximum Gasteiger partial charge on any atom is 0.254 e. The molecule has 0 N–H and O–H groups in total. The summed E-state index contributed by atoms with van der Waals surface area (Å²) >= 11 is 1.70. The predicted octanol–water partition coefficient (Wildman–Crippen LogP) is 4.12. The summed E-state index contributed by atoms with van der Waals surface area (Å²) < 4.78 is 0. The molecule has 0 spiro atoms. The predicted molar refractivity (Wildman–Crippen MR) is 78.4 cm³/mol. The number of likely N-dealkylation sites (tertiary alicyclic amines) is 1. The highest BCUT2D eigenvalue weighted by Crippen LogP contribution is 2.33. The van der Waals surface area contributed by atoms with Gasteiger partial charge in [-0.3, -0.25) is 4.79 Å². The topological polar surface area (TPSA) is 20.3 Å². The van der Waals surface area contributed by atoms with Gasteiger partial charge in [0.2, 0.25) is 0 Å². The van der Waals surface area contributed by atoms with Gasteiger partial charge in [0.1, 0.15) is 0 Å². The minimum Gasteiger partial charge on any atom is -0.332 e. The SMILES string of the molecule is O=C(c1ccccc1)N1CCCC[C@H]1c1ccsc1. The maximum absolute atomic E-state index is 12.6. The van der Waals surface area contributed by atoms with Crippen LogP contribution in [0.3, 0.4) is 0 Å². The molecule has 1 aromatic heterocycles. The minimum absolute atomic E-state index is 0.163. The van der Waals surface area contributed by atoms with Gasteiger partial charge in [0.25, 0.3) is 5.91 Å². The van der Waals surface area contributed by atoms with E-state index in [-0.39, 0.29) is 11.9 Å². The van der Waals surface area contributed by atoms with Gasteiger partial charge in [0.05, 0.1) is 6.04 Å². The molecule has 0 saturated carbocycles. The summed E-state index contributed by atoms with van der Waals surface area (Å²) in [5, 5.41) is 4.26. The molecule has 1 fully saturated rings. The molecule has 1 aromatic carbocycles. The highest BCUT2D eigenvalue weighted by Gasteiger charge is 2.28. The number of benzene rings is 1. The number of piperidine rings is 1. The number of carbonyl (C=O) groups excluding carboxylic acids is 1. The van der Waals surface area contributed by atoms with E-state index in [1.807, 2.05) is 35.2 Å². The first-order valence-electron chi connectivity index (χ1n) is 6.74. The van der Waals surface area contributed by atoms with E-state index in [0.717, 1.165) is 24.9 Å². The molecule has 0 bridgehead atoms. The van der Waals surface area contributed by atoms with Crippen LogP contribution in [0.5, 0.6) is 0 Å². The molecular weight excluding hydrogens is 254 g/mol. The molecule has 1 atom stereocenters. The van der Waals surface area contributed by atoms with E-state index in [1.165, 1.54) is 12.0 Å². The van der Waals surface area contributed by atoms with E-state index < -0.39 is 0 Å². The lowest BCUT2D eigenvalue weighted by Crippen LogP contribution is -2.38. The molecule has 19 heavy (non-hydrogen) atoms. The van der Waals surface area contributed by atoms with Crippen LogP contribution in [-0.2, 0) is 0 Å². The van der Waals surface area contributed by atoms with Gasteiger partial charge in [-0.2, -0.15) is 11.3 Å². The van der Waals surface area contributed by atoms with Crippen molar-refractivity contribution < 1.29 is 4.79 Å². The van der Waals surface area contributed by atoms with Crippen molar-refractivity contribution in [1.82, 2.24) is 4.90 Å². The largest absolute Gasteiger partial charge is 0.332 e. The second-order valence-electron chi connectivity index (χ2n) is 4.93. The van der Waals surface area contributed by atoms with Crippen LogP contribution < -0.4 is 0 Å². The Hall–Kier alpha value is -1.61. The van der Waals surface area contributed by atoms with Crippen LogP contribution in [0.15, 0.2) is 47.2 Å². The molecule has 1 aliphatic heterocycles. The van der Waals surface area contributed by atoms with Crippen LogP contribution in [0, 0.1) is 0 Å². The highest BCUT2D eigenvalue weighted by atomic mass is 32.1. The third-order valence-electron chi connectivity index (χ3n) is 3.71. The Labute approximate surface area is 117 Å². The molecule has 2 nitrogen and oxygen atoms in total. The summed E-state index contributed by atoms with van der Waals surface area (Å²) in [6, 6.07) is 12.0. The average Bonchev–Trinajstić information content (AvgIpc) is 3.01. The van der Waals surface area contributed by atoms with Crippen molar-refractivity contribution in [1.29, 1.82) is 0 Å². The number of amides is 1. The molecule has 0 radical (unpaired) electrons. The number of nitrogens with zero attached hydrogens (tertiary/aromatic N) is 1. The van der Waals surface area contributed by atoms with Gasteiger partial charge < -0.3 is 4.90 Å². The van der Waals surface area contributed by atoms with Crippen molar-refractivity contribution in [3.63, 3.8) is 0 Å². The monoisotopic (exact) mass is 271 g/mol. The highest BCUT2D eigenvalue weighted by molar-refractivity contribution is 7.07. The number of hydrogen-bond acceptors (Lipinski definition) is 2.